The average molecular weight is 249 g/mol. The summed E-state index contributed by atoms with van der Waals surface area (Å²) >= 11 is 0. The van der Waals surface area contributed by atoms with Crippen molar-refractivity contribution in [2.45, 2.75) is 0 Å². The second-order valence-corrected chi connectivity index (χ2v) is 4.57. The van der Waals surface area contributed by atoms with E-state index in [9.17, 15) is 4.79 Å². The number of nitrogen functional groups attached to an aromatic ring is 1. The van der Waals surface area contributed by atoms with Gasteiger partial charge in [-0.25, -0.2) is 5.01 Å². The van der Waals surface area contributed by atoms with Crippen LogP contribution in [0.1, 0.15) is 10.4 Å². The number of hydrazine groups is 1. The summed E-state index contributed by atoms with van der Waals surface area (Å²) in [5.41, 5.74) is 16.2. The molecular formula is C12H19N5O. The number of likely N-dealkylation sites (N-methyl/N-ethyl adjacent to an activating group) is 1. The van der Waals surface area contributed by atoms with Gasteiger partial charge < -0.3 is 21.8 Å². The molecule has 0 radical (unpaired) electrons. The van der Waals surface area contributed by atoms with E-state index in [0.29, 0.717) is 11.3 Å². The highest BCUT2D eigenvalue weighted by Crippen LogP contribution is 2.20. The van der Waals surface area contributed by atoms with E-state index in [1.165, 1.54) is 0 Å². The van der Waals surface area contributed by atoms with Crippen LogP contribution in [0, 0.1) is 0 Å². The van der Waals surface area contributed by atoms with Crippen LogP contribution in [-0.4, -0.2) is 49.0 Å². The molecule has 1 fully saturated rings. The molecule has 1 saturated heterocycles. The number of carbonyl (C=O) groups excluding carboxylic acids is 1. The number of nitrogens with zero attached hydrogens (tertiary/aromatic N) is 2. The van der Waals surface area contributed by atoms with Crippen molar-refractivity contribution in [1.82, 2.24) is 9.91 Å². The van der Waals surface area contributed by atoms with Gasteiger partial charge in [-0.15, -0.1) is 0 Å². The first-order chi connectivity index (χ1) is 8.56. The Morgan fingerprint density at radius 1 is 1.28 bits per heavy atom. The summed E-state index contributed by atoms with van der Waals surface area (Å²) in [6.45, 7) is 3.83. The smallest absolute Gasteiger partial charge is 0.248 e. The molecule has 1 heterocycles. The summed E-state index contributed by atoms with van der Waals surface area (Å²) < 4.78 is 0. The van der Waals surface area contributed by atoms with Crippen LogP contribution in [0.3, 0.4) is 0 Å². The van der Waals surface area contributed by atoms with E-state index >= 15 is 0 Å². The van der Waals surface area contributed by atoms with Crippen LogP contribution in [0.5, 0.6) is 0 Å². The maximum atomic E-state index is 11.1. The Hall–Kier alpha value is -1.79. The summed E-state index contributed by atoms with van der Waals surface area (Å²) in [7, 11) is 2.10. The Morgan fingerprint density at radius 3 is 2.56 bits per heavy atom. The fourth-order valence-electron chi connectivity index (χ4n) is 1.89. The minimum atomic E-state index is -0.448. The zero-order valence-electron chi connectivity index (χ0n) is 10.5. The molecule has 0 atom stereocenters. The van der Waals surface area contributed by atoms with Gasteiger partial charge in [0.1, 0.15) is 0 Å². The van der Waals surface area contributed by atoms with Crippen LogP contribution in [0.4, 0.5) is 11.4 Å². The lowest BCUT2D eigenvalue weighted by molar-refractivity contribution is 0.100. The number of benzene rings is 1. The van der Waals surface area contributed by atoms with Crippen molar-refractivity contribution in [1.29, 1.82) is 0 Å². The van der Waals surface area contributed by atoms with Gasteiger partial charge in [0.2, 0.25) is 5.91 Å². The quantitative estimate of drug-likeness (QED) is 0.653. The second kappa shape index (κ2) is 5.24. The molecule has 18 heavy (non-hydrogen) atoms. The Morgan fingerprint density at radius 2 is 1.94 bits per heavy atom. The van der Waals surface area contributed by atoms with Gasteiger partial charge in [-0.1, -0.05) is 0 Å². The molecule has 1 amide bonds. The predicted molar refractivity (Wildman–Crippen MR) is 72.1 cm³/mol. The Balaban J connectivity index is 2.08. The van der Waals surface area contributed by atoms with E-state index < -0.39 is 5.91 Å². The number of anilines is 2. The summed E-state index contributed by atoms with van der Waals surface area (Å²) in [6.07, 6.45) is 0. The molecule has 2 rings (SSSR count). The molecule has 6 heteroatoms. The van der Waals surface area contributed by atoms with Crippen LogP contribution in [-0.2, 0) is 0 Å². The van der Waals surface area contributed by atoms with E-state index in [1.807, 2.05) is 0 Å². The van der Waals surface area contributed by atoms with Crippen molar-refractivity contribution in [2.75, 3.05) is 44.4 Å². The number of nitrogens with one attached hydrogen (secondary N) is 1. The van der Waals surface area contributed by atoms with Gasteiger partial charge in [-0.05, 0) is 25.2 Å². The topological polar surface area (TPSA) is 87.6 Å². The molecule has 1 aromatic rings. The summed E-state index contributed by atoms with van der Waals surface area (Å²) in [5.74, 6) is -0.448. The fourth-order valence-corrected chi connectivity index (χ4v) is 1.89. The van der Waals surface area contributed by atoms with Gasteiger partial charge in [-0.3, -0.25) is 4.79 Å². The number of carbonyl (C=O) groups is 1. The van der Waals surface area contributed by atoms with Crippen molar-refractivity contribution in [3.05, 3.63) is 23.8 Å². The number of hydrogen-bond donors (Lipinski definition) is 3. The highest BCUT2D eigenvalue weighted by molar-refractivity contribution is 5.94. The summed E-state index contributed by atoms with van der Waals surface area (Å²) in [6, 6.07) is 5.02. The number of nitrogens with two attached hydrogens (primary N) is 2. The lowest BCUT2D eigenvalue weighted by Gasteiger charge is -2.33. The van der Waals surface area contributed by atoms with Crippen molar-refractivity contribution in [2.24, 2.45) is 5.73 Å². The van der Waals surface area contributed by atoms with Crippen molar-refractivity contribution in [3.63, 3.8) is 0 Å². The lowest BCUT2D eigenvalue weighted by atomic mass is 10.1. The summed E-state index contributed by atoms with van der Waals surface area (Å²) in [5, 5.41) is 2.09. The third-order valence-corrected chi connectivity index (χ3v) is 3.12. The fraction of sp³-hybridized carbons (Fsp3) is 0.417. The highest BCUT2D eigenvalue weighted by atomic mass is 16.1. The molecular weight excluding hydrogens is 230 g/mol. The lowest BCUT2D eigenvalue weighted by Crippen LogP contribution is -2.47. The molecule has 0 unspecified atom stereocenters. The maximum Gasteiger partial charge on any atom is 0.248 e. The van der Waals surface area contributed by atoms with E-state index in [1.54, 1.807) is 18.2 Å². The van der Waals surface area contributed by atoms with E-state index in [4.69, 9.17) is 11.5 Å². The maximum absolute atomic E-state index is 11.1. The molecule has 0 saturated carbocycles. The molecule has 6 nitrogen and oxygen atoms in total. The minimum absolute atomic E-state index is 0.448. The Bertz CT molecular complexity index is 440. The van der Waals surface area contributed by atoms with Gasteiger partial charge in [0.25, 0.3) is 0 Å². The zero-order valence-corrected chi connectivity index (χ0v) is 10.5. The Labute approximate surface area is 106 Å². The van der Waals surface area contributed by atoms with Crippen LogP contribution >= 0.6 is 0 Å². The van der Waals surface area contributed by atoms with Gasteiger partial charge in [0.05, 0.1) is 11.4 Å². The third kappa shape index (κ3) is 2.91. The van der Waals surface area contributed by atoms with Crippen molar-refractivity contribution in [3.8, 4) is 0 Å². The van der Waals surface area contributed by atoms with Crippen LogP contribution < -0.4 is 16.9 Å². The minimum Gasteiger partial charge on any atom is -0.397 e. The number of piperazine rings is 1. The standard InChI is InChI=1S/C12H19N5O/c1-16-4-6-17(7-5-16)15-11-8-9(12(14)18)2-3-10(11)13/h2-3,8,15H,4-7,13H2,1H3,(H2,14,18). The molecule has 1 aromatic carbocycles. The van der Waals surface area contributed by atoms with E-state index in [-0.39, 0.29) is 0 Å². The average Bonchev–Trinajstić information content (AvgIpc) is 2.34. The van der Waals surface area contributed by atoms with E-state index in [2.05, 4.69) is 22.4 Å². The monoisotopic (exact) mass is 249 g/mol. The second-order valence-electron chi connectivity index (χ2n) is 4.57. The Kier molecular flexibility index (Phi) is 3.69. The molecule has 0 aromatic heterocycles. The van der Waals surface area contributed by atoms with Crippen molar-refractivity contribution < 1.29 is 4.79 Å². The van der Waals surface area contributed by atoms with Gasteiger partial charge in [0, 0.05) is 31.7 Å². The summed E-state index contributed by atoms with van der Waals surface area (Å²) in [4.78, 5) is 13.4. The molecule has 1 aliphatic heterocycles. The molecule has 0 aliphatic carbocycles. The van der Waals surface area contributed by atoms with Gasteiger partial charge >= 0.3 is 0 Å². The third-order valence-electron chi connectivity index (χ3n) is 3.12. The number of rotatable bonds is 3. The predicted octanol–water partition coefficient (Wildman–Crippen LogP) is -0.0580. The largest absolute Gasteiger partial charge is 0.397 e. The molecule has 0 bridgehead atoms. The van der Waals surface area contributed by atoms with Gasteiger partial charge in [0.15, 0.2) is 0 Å². The van der Waals surface area contributed by atoms with Gasteiger partial charge in [-0.2, -0.15) is 0 Å². The van der Waals surface area contributed by atoms with Crippen LogP contribution in [0.25, 0.3) is 0 Å². The van der Waals surface area contributed by atoms with E-state index in [0.717, 1.165) is 31.9 Å². The SMILES string of the molecule is CN1CCN(Nc2cc(C(N)=O)ccc2N)CC1. The molecule has 98 valence electrons. The number of primary amides is 1. The first kappa shape index (κ1) is 12.7. The normalized spacial score (nSPS) is 17.6. The molecule has 0 spiro atoms. The van der Waals surface area contributed by atoms with Crippen molar-refractivity contribution >= 4 is 17.3 Å². The molecule has 5 N–H and O–H groups in total. The first-order valence-corrected chi connectivity index (χ1v) is 5.96. The van der Waals surface area contributed by atoms with Crippen LogP contribution in [0.2, 0.25) is 0 Å². The number of hydrogen-bond acceptors (Lipinski definition) is 5. The highest BCUT2D eigenvalue weighted by Gasteiger charge is 2.14. The first-order valence-electron chi connectivity index (χ1n) is 5.96. The number of amides is 1. The van der Waals surface area contributed by atoms with Crippen LogP contribution in [0.15, 0.2) is 18.2 Å². The zero-order chi connectivity index (χ0) is 13.1. The molecule has 1 aliphatic rings.